The average molecular weight is 552 g/mol. The normalized spacial score (nSPS) is 13.0. The van der Waals surface area contributed by atoms with Gasteiger partial charge in [-0.15, -0.1) is 0 Å². The van der Waals surface area contributed by atoms with E-state index >= 15 is 0 Å². The zero-order chi connectivity index (χ0) is 25.5. The Morgan fingerprint density at radius 1 is 1.03 bits per heavy atom. The number of rotatable bonds is 9. The van der Waals surface area contributed by atoms with Crippen molar-refractivity contribution in [1.82, 2.24) is 10.7 Å². The fourth-order valence-corrected chi connectivity index (χ4v) is 3.70. The van der Waals surface area contributed by atoms with E-state index in [4.69, 9.17) is 14.2 Å². The maximum atomic E-state index is 12.7. The fourth-order valence-electron chi connectivity index (χ4n) is 3.43. The van der Waals surface area contributed by atoms with E-state index in [-0.39, 0.29) is 18.6 Å². The molecule has 8 nitrogen and oxygen atoms in total. The lowest BCUT2D eigenvalue weighted by Crippen LogP contribution is -2.48. The van der Waals surface area contributed by atoms with Crippen molar-refractivity contribution in [2.45, 2.75) is 26.5 Å². The molecular formula is C27H26BrN3O5. The minimum Gasteiger partial charge on any atom is -0.489 e. The second-order valence-corrected chi connectivity index (χ2v) is 9.40. The third kappa shape index (κ3) is 6.63. The van der Waals surface area contributed by atoms with E-state index in [2.05, 4.69) is 31.8 Å². The number of hydrogen-bond donors (Lipinski definition) is 2. The second-order valence-electron chi connectivity index (χ2n) is 8.48. The Morgan fingerprint density at radius 3 is 2.47 bits per heavy atom. The predicted octanol–water partition coefficient (Wildman–Crippen LogP) is 4.66. The van der Waals surface area contributed by atoms with E-state index in [9.17, 15) is 9.59 Å². The smallest absolute Gasteiger partial charge is 0.262 e. The number of ether oxygens (including phenoxy) is 3. The predicted molar refractivity (Wildman–Crippen MR) is 139 cm³/mol. The van der Waals surface area contributed by atoms with Gasteiger partial charge in [0, 0.05) is 10.0 Å². The van der Waals surface area contributed by atoms with Gasteiger partial charge in [-0.05, 0) is 71.6 Å². The fraction of sp³-hybridized carbons (Fsp3) is 0.222. The van der Waals surface area contributed by atoms with Gasteiger partial charge in [0.25, 0.3) is 11.8 Å². The number of fused-ring (bicyclic) bond motifs is 1. The van der Waals surface area contributed by atoms with Gasteiger partial charge in [-0.1, -0.05) is 41.9 Å². The minimum atomic E-state index is -0.769. The summed E-state index contributed by atoms with van der Waals surface area (Å²) in [6.45, 7) is 4.28. The number of amides is 2. The van der Waals surface area contributed by atoms with Crippen LogP contribution in [0.5, 0.6) is 17.2 Å². The van der Waals surface area contributed by atoms with Gasteiger partial charge < -0.3 is 19.5 Å². The number of benzene rings is 3. The molecule has 1 unspecified atom stereocenters. The number of halogens is 1. The molecule has 1 aliphatic rings. The lowest BCUT2D eigenvalue weighted by molar-refractivity contribution is -0.123. The summed E-state index contributed by atoms with van der Waals surface area (Å²) in [4.78, 5) is 25.4. The van der Waals surface area contributed by atoms with Crippen molar-refractivity contribution in [1.29, 1.82) is 0 Å². The first-order valence-corrected chi connectivity index (χ1v) is 12.2. The van der Waals surface area contributed by atoms with Gasteiger partial charge in [0.2, 0.25) is 6.79 Å². The van der Waals surface area contributed by atoms with E-state index in [1.165, 1.54) is 6.21 Å². The van der Waals surface area contributed by atoms with Crippen LogP contribution in [0.2, 0.25) is 0 Å². The number of nitrogens with one attached hydrogen (secondary N) is 2. The summed E-state index contributed by atoms with van der Waals surface area (Å²) in [5, 5.41) is 6.82. The van der Waals surface area contributed by atoms with E-state index in [0.29, 0.717) is 23.7 Å². The Morgan fingerprint density at radius 2 is 1.75 bits per heavy atom. The van der Waals surface area contributed by atoms with E-state index in [1.807, 2.05) is 62.4 Å². The highest BCUT2D eigenvalue weighted by Gasteiger charge is 2.25. The highest BCUT2D eigenvalue weighted by atomic mass is 79.9. The van der Waals surface area contributed by atoms with E-state index < -0.39 is 11.9 Å². The van der Waals surface area contributed by atoms with Crippen LogP contribution in [-0.4, -0.2) is 30.9 Å². The van der Waals surface area contributed by atoms with Crippen molar-refractivity contribution < 1.29 is 23.8 Å². The van der Waals surface area contributed by atoms with Gasteiger partial charge in [0.15, 0.2) is 11.5 Å². The molecule has 3 aromatic rings. The van der Waals surface area contributed by atoms with Crippen LogP contribution in [-0.2, 0) is 11.4 Å². The highest BCUT2D eigenvalue weighted by molar-refractivity contribution is 9.10. The first kappa shape index (κ1) is 25.2. The summed E-state index contributed by atoms with van der Waals surface area (Å²) in [6, 6.07) is 19.4. The molecule has 1 atom stereocenters. The average Bonchev–Trinajstić information content (AvgIpc) is 3.35. The maximum absolute atomic E-state index is 12.7. The van der Waals surface area contributed by atoms with Crippen molar-refractivity contribution in [3.8, 4) is 17.2 Å². The maximum Gasteiger partial charge on any atom is 0.262 e. The number of nitrogens with zero attached hydrogens (tertiary/aromatic N) is 1. The molecule has 0 saturated carbocycles. The summed E-state index contributed by atoms with van der Waals surface area (Å²) in [5.74, 6) is 0.867. The Kier molecular flexibility index (Phi) is 8.22. The molecule has 2 N–H and O–H groups in total. The number of hydrazone groups is 1. The van der Waals surface area contributed by atoms with Crippen LogP contribution in [0.15, 0.2) is 76.3 Å². The van der Waals surface area contributed by atoms with E-state index in [1.54, 1.807) is 18.2 Å². The molecule has 0 spiro atoms. The zero-order valence-electron chi connectivity index (χ0n) is 19.9. The topological polar surface area (TPSA) is 98.2 Å². The Hall–Kier alpha value is -3.85. The molecule has 0 radical (unpaired) electrons. The molecule has 0 aliphatic carbocycles. The van der Waals surface area contributed by atoms with Gasteiger partial charge in [0.05, 0.1) is 6.21 Å². The van der Waals surface area contributed by atoms with Crippen LogP contribution in [0.3, 0.4) is 0 Å². The van der Waals surface area contributed by atoms with Gasteiger partial charge in [-0.25, -0.2) is 5.43 Å². The molecule has 186 valence electrons. The van der Waals surface area contributed by atoms with Crippen molar-refractivity contribution in [3.63, 3.8) is 0 Å². The van der Waals surface area contributed by atoms with Gasteiger partial charge >= 0.3 is 0 Å². The van der Waals surface area contributed by atoms with Crippen LogP contribution in [0, 0.1) is 5.92 Å². The minimum absolute atomic E-state index is 0.122. The summed E-state index contributed by atoms with van der Waals surface area (Å²) >= 11 is 3.42. The van der Waals surface area contributed by atoms with Crippen LogP contribution < -0.4 is 25.0 Å². The molecule has 0 fully saturated rings. The van der Waals surface area contributed by atoms with Crippen molar-refractivity contribution >= 4 is 34.0 Å². The van der Waals surface area contributed by atoms with Gasteiger partial charge in [-0.2, -0.15) is 5.10 Å². The Balaban J connectivity index is 1.29. The van der Waals surface area contributed by atoms with Gasteiger partial charge in [-0.3, -0.25) is 9.59 Å². The monoisotopic (exact) mass is 551 g/mol. The van der Waals surface area contributed by atoms with Crippen LogP contribution >= 0.6 is 15.9 Å². The largest absolute Gasteiger partial charge is 0.489 e. The Bertz CT molecular complexity index is 1240. The first-order chi connectivity index (χ1) is 17.4. The number of hydrogen-bond acceptors (Lipinski definition) is 6. The quantitative estimate of drug-likeness (QED) is 0.297. The Labute approximate surface area is 217 Å². The molecule has 1 heterocycles. The molecule has 2 amide bonds. The third-order valence-corrected chi connectivity index (χ3v) is 5.99. The third-order valence-electron chi connectivity index (χ3n) is 5.46. The summed E-state index contributed by atoms with van der Waals surface area (Å²) in [7, 11) is 0. The SMILES string of the molecule is CC(C)C(NC(=O)c1ccc2c(c1)OCO2)C(=O)N/N=C/c1ccc(OCc2ccc(Br)cc2)cc1. The lowest BCUT2D eigenvalue weighted by Gasteiger charge is -2.20. The zero-order valence-corrected chi connectivity index (χ0v) is 21.4. The molecule has 0 bridgehead atoms. The number of carbonyl (C=O) groups excluding carboxylic acids is 2. The van der Waals surface area contributed by atoms with Crippen LogP contribution in [0.25, 0.3) is 0 Å². The van der Waals surface area contributed by atoms with E-state index in [0.717, 1.165) is 21.3 Å². The molecule has 9 heteroatoms. The standard InChI is InChI=1S/C27H26BrN3O5/c1-17(2)25(30-26(32)20-7-12-23-24(13-20)36-16-35-23)27(33)31-29-14-18-5-10-22(11-6-18)34-15-19-3-8-21(28)9-4-19/h3-14,17,25H,15-16H2,1-2H3,(H,30,32)(H,31,33)/b29-14+. The van der Waals surface area contributed by atoms with Crippen molar-refractivity contribution in [2.24, 2.45) is 11.0 Å². The van der Waals surface area contributed by atoms with Crippen LogP contribution in [0.4, 0.5) is 0 Å². The van der Waals surface area contributed by atoms with Crippen molar-refractivity contribution in [3.05, 3.63) is 87.9 Å². The first-order valence-electron chi connectivity index (χ1n) is 11.4. The molecule has 3 aromatic carbocycles. The lowest BCUT2D eigenvalue weighted by atomic mass is 10.0. The molecule has 36 heavy (non-hydrogen) atoms. The summed E-state index contributed by atoms with van der Waals surface area (Å²) in [6.07, 6.45) is 1.54. The molecule has 4 rings (SSSR count). The summed E-state index contributed by atoms with van der Waals surface area (Å²) in [5.41, 5.74) is 4.75. The summed E-state index contributed by atoms with van der Waals surface area (Å²) < 4.78 is 17.4. The van der Waals surface area contributed by atoms with Crippen molar-refractivity contribution in [2.75, 3.05) is 6.79 Å². The highest BCUT2D eigenvalue weighted by Crippen LogP contribution is 2.32. The molecule has 0 saturated heterocycles. The number of carbonyl (C=O) groups is 2. The molecule has 1 aliphatic heterocycles. The second kappa shape index (κ2) is 11.7. The van der Waals surface area contributed by atoms with Crippen LogP contribution in [0.1, 0.15) is 35.3 Å². The molecular weight excluding hydrogens is 526 g/mol. The van der Waals surface area contributed by atoms with Gasteiger partial charge in [0.1, 0.15) is 18.4 Å². The molecule has 0 aromatic heterocycles.